The van der Waals surface area contributed by atoms with Gasteiger partial charge in [-0.25, -0.2) is 19.0 Å². The molecule has 1 saturated heterocycles. The highest BCUT2D eigenvalue weighted by Gasteiger charge is 2.22. The number of aromatic nitrogens is 5. The van der Waals surface area contributed by atoms with Gasteiger partial charge in [0.25, 0.3) is 0 Å². The zero-order valence-corrected chi connectivity index (χ0v) is 20.8. The average molecular weight is 521 g/mol. The van der Waals surface area contributed by atoms with E-state index in [2.05, 4.69) is 35.8 Å². The summed E-state index contributed by atoms with van der Waals surface area (Å²) in [5.41, 5.74) is 1.08. The van der Waals surface area contributed by atoms with Crippen LogP contribution in [0.3, 0.4) is 0 Å². The van der Waals surface area contributed by atoms with Gasteiger partial charge < -0.3 is 20.5 Å². The third-order valence-corrected chi connectivity index (χ3v) is 6.38. The molecule has 2 aromatic carbocycles. The molecule has 2 aromatic heterocycles. The lowest BCUT2D eigenvalue weighted by Crippen LogP contribution is -2.33. The number of aliphatic hydroxyl groups is 1. The zero-order chi connectivity index (χ0) is 26.3. The summed E-state index contributed by atoms with van der Waals surface area (Å²) in [6.45, 7) is 2.64. The van der Waals surface area contributed by atoms with E-state index in [4.69, 9.17) is 4.74 Å². The molecular weight excluding hydrogens is 491 g/mol. The number of halogens is 1. The van der Waals surface area contributed by atoms with Gasteiger partial charge in [0.05, 0.1) is 24.9 Å². The number of hydrogen-bond donors (Lipinski definition) is 3. The van der Waals surface area contributed by atoms with Gasteiger partial charge in [-0.1, -0.05) is 11.3 Å². The van der Waals surface area contributed by atoms with Crippen molar-refractivity contribution in [3.63, 3.8) is 0 Å². The number of carbonyl (C=O) groups is 1. The standard InChI is InChI=1S/C26H29FN8O3/c27-18-4-1-5-19(12-18)30-25(37)15-35-14-24(32-33-35)31-26-22-8-7-21(13-23(22)28-17-29-26)38-11-3-10-34-9-2-6-20(34)16-36/h1,4-5,7-8,12-14,17,20,36H,2-3,6,9-11,15-16H2,(H,30,37)(H,28,29,31)/t20-/m1/s1. The minimum absolute atomic E-state index is 0.0885. The molecule has 0 spiro atoms. The molecule has 4 aromatic rings. The molecule has 1 aliphatic rings. The zero-order valence-electron chi connectivity index (χ0n) is 20.8. The molecule has 1 aliphatic heterocycles. The van der Waals surface area contributed by atoms with Crippen molar-refractivity contribution in [2.24, 2.45) is 0 Å². The molecule has 3 heterocycles. The van der Waals surface area contributed by atoms with Crippen molar-refractivity contribution in [3.05, 3.63) is 60.8 Å². The van der Waals surface area contributed by atoms with Crippen molar-refractivity contribution < 1.29 is 19.0 Å². The maximum Gasteiger partial charge on any atom is 0.246 e. The maximum atomic E-state index is 13.3. The van der Waals surface area contributed by atoms with Crippen LogP contribution < -0.4 is 15.4 Å². The predicted octanol–water partition coefficient (Wildman–Crippen LogP) is 2.97. The first-order valence-corrected chi connectivity index (χ1v) is 12.5. The first-order chi connectivity index (χ1) is 18.6. The topological polar surface area (TPSA) is 130 Å². The van der Waals surface area contributed by atoms with Gasteiger partial charge in [-0.2, -0.15) is 0 Å². The maximum absolute atomic E-state index is 13.3. The molecule has 1 amide bonds. The van der Waals surface area contributed by atoms with Crippen LogP contribution in [0.5, 0.6) is 5.75 Å². The van der Waals surface area contributed by atoms with Crippen molar-refractivity contribution in [1.82, 2.24) is 29.9 Å². The Labute approximate surface area is 218 Å². The van der Waals surface area contributed by atoms with E-state index in [1.54, 1.807) is 12.3 Å². The Kier molecular flexibility index (Phi) is 8.00. The average Bonchev–Trinajstić information content (AvgIpc) is 3.55. The van der Waals surface area contributed by atoms with Gasteiger partial charge in [0.1, 0.15) is 30.3 Å². The molecule has 0 radical (unpaired) electrons. The molecule has 198 valence electrons. The van der Waals surface area contributed by atoms with Crippen LogP contribution in [-0.2, 0) is 11.3 Å². The van der Waals surface area contributed by atoms with Gasteiger partial charge in [-0.15, -0.1) is 5.10 Å². The normalized spacial score (nSPS) is 15.6. The lowest BCUT2D eigenvalue weighted by atomic mass is 10.2. The fourth-order valence-corrected chi connectivity index (χ4v) is 4.55. The number of rotatable bonds is 11. The molecule has 0 bridgehead atoms. The Morgan fingerprint density at radius 2 is 2.13 bits per heavy atom. The Morgan fingerprint density at radius 1 is 1.21 bits per heavy atom. The van der Waals surface area contributed by atoms with Gasteiger partial charge in [0, 0.05) is 29.7 Å². The van der Waals surface area contributed by atoms with Crippen LogP contribution in [0, 0.1) is 5.82 Å². The number of nitrogens with zero attached hydrogens (tertiary/aromatic N) is 6. The number of likely N-dealkylation sites (tertiary alicyclic amines) is 1. The molecular formula is C26H29FN8O3. The van der Waals surface area contributed by atoms with Crippen LogP contribution in [0.1, 0.15) is 19.3 Å². The molecule has 0 aliphatic carbocycles. The summed E-state index contributed by atoms with van der Waals surface area (Å²) in [4.78, 5) is 23.3. The van der Waals surface area contributed by atoms with Crippen LogP contribution in [0.15, 0.2) is 55.0 Å². The summed E-state index contributed by atoms with van der Waals surface area (Å²) in [5, 5.41) is 24.0. The number of carbonyl (C=O) groups excluding carboxylic acids is 1. The number of aliphatic hydroxyl groups excluding tert-OH is 1. The fraction of sp³-hybridized carbons (Fsp3) is 0.346. The lowest BCUT2D eigenvalue weighted by Gasteiger charge is -2.22. The van der Waals surface area contributed by atoms with Crippen molar-refractivity contribution in [1.29, 1.82) is 0 Å². The molecule has 0 saturated carbocycles. The molecule has 38 heavy (non-hydrogen) atoms. The summed E-state index contributed by atoms with van der Waals surface area (Å²) in [7, 11) is 0. The molecule has 11 nitrogen and oxygen atoms in total. The van der Waals surface area contributed by atoms with Crippen LogP contribution in [0.25, 0.3) is 10.9 Å². The van der Waals surface area contributed by atoms with Crippen LogP contribution in [0.2, 0.25) is 0 Å². The number of ether oxygens (including phenoxy) is 1. The number of amides is 1. The lowest BCUT2D eigenvalue weighted by molar-refractivity contribution is -0.116. The van der Waals surface area contributed by atoms with Crippen LogP contribution >= 0.6 is 0 Å². The van der Waals surface area contributed by atoms with E-state index in [9.17, 15) is 14.3 Å². The molecule has 12 heteroatoms. The molecule has 1 fully saturated rings. The van der Waals surface area contributed by atoms with Gasteiger partial charge in [-0.05, 0) is 56.1 Å². The van der Waals surface area contributed by atoms with Crippen molar-refractivity contribution in [3.8, 4) is 5.75 Å². The van der Waals surface area contributed by atoms with E-state index in [1.807, 2.05) is 18.2 Å². The number of hydrogen-bond acceptors (Lipinski definition) is 9. The highest BCUT2D eigenvalue weighted by Crippen LogP contribution is 2.26. The van der Waals surface area contributed by atoms with E-state index >= 15 is 0 Å². The first-order valence-electron chi connectivity index (χ1n) is 12.5. The Hall–Kier alpha value is -4.16. The number of benzene rings is 2. The first kappa shape index (κ1) is 25.5. The van der Waals surface area contributed by atoms with E-state index in [0.29, 0.717) is 29.4 Å². The largest absolute Gasteiger partial charge is 0.493 e. The van der Waals surface area contributed by atoms with Crippen molar-refractivity contribution in [2.45, 2.75) is 31.8 Å². The molecule has 3 N–H and O–H groups in total. The van der Waals surface area contributed by atoms with Crippen LogP contribution in [0.4, 0.5) is 21.7 Å². The molecule has 1 atom stereocenters. The molecule has 0 unspecified atom stereocenters. The van der Waals surface area contributed by atoms with Crippen molar-refractivity contribution in [2.75, 3.05) is 36.9 Å². The smallest absolute Gasteiger partial charge is 0.246 e. The quantitative estimate of drug-likeness (QED) is 0.256. The van der Waals surface area contributed by atoms with Crippen molar-refractivity contribution >= 4 is 34.1 Å². The second-order valence-corrected chi connectivity index (χ2v) is 9.10. The van der Waals surface area contributed by atoms with E-state index < -0.39 is 5.82 Å². The minimum Gasteiger partial charge on any atom is -0.493 e. The number of anilines is 3. The summed E-state index contributed by atoms with van der Waals surface area (Å²) < 4.78 is 20.6. The third kappa shape index (κ3) is 6.39. The highest BCUT2D eigenvalue weighted by atomic mass is 19.1. The van der Waals surface area contributed by atoms with E-state index in [-0.39, 0.29) is 25.1 Å². The summed E-state index contributed by atoms with van der Waals surface area (Å²) in [5.74, 6) is 0.882. The van der Waals surface area contributed by atoms with Gasteiger partial charge in [-0.3, -0.25) is 9.69 Å². The van der Waals surface area contributed by atoms with Gasteiger partial charge in [0.15, 0.2) is 5.82 Å². The summed E-state index contributed by atoms with van der Waals surface area (Å²) >= 11 is 0. The fourth-order valence-electron chi connectivity index (χ4n) is 4.55. The second kappa shape index (κ2) is 11.9. The van der Waals surface area contributed by atoms with Crippen LogP contribution in [-0.4, -0.2) is 73.2 Å². The van der Waals surface area contributed by atoms with Gasteiger partial charge >= 0.3 is 0 Å². The van der Waals surface area contributed by atoms with E-state index in [0.717, 1.165) is 43.5 Å². The second-order valence-electron chi connectivity index (χ2n) is 9.10. The Bertz CT molecular complexity index is 1400. The Balaban J connectivity index is 1.16. The monoisotopic (exact) mass is 520 g/mol. The van der Waals surface area contributed by atoms with E-state index in [1.165, 1.54) is 29.2 Å². The Morgan fingerprint density at radius 3 is 3.00 bits per heavy atom. The summed E-state index contributed by atoms with van der Waals surface area (Å²) in [6, 6.07) is 11.6. The number of nitrogens with one attached hydrogen (secondary N) is 2. The summed E-state index contributed by atoms with van der Waals surface area (Å²) in [6.07, 6.45) is 6.10. The molecule has 5 rings (SSSR count). The third-order valence-electron chi connectivity index (χ3n) is 6.38. The number of fused-ring (bicyclic) bond motifs is 1. The highest BCUT2D eigenvalue weighted by molar-refractivity contribution is 5.91. The SMILES string of the molecule is O=C(Cn1cc(Nc2ncnc3cc(OCCCN4CCC[C@@H]4CO)ccc23)nn1)Nc1cccc(F)c1. The predicted molar refractivity (Wildman–Crippen MR) is 140 cm³/mol. The van der Waals surface area contributed by atoms with Gasteiger partial charge in [0.2, 0.25) is 5.91 Å². The minimum atomic E-state index is -0.430.